The molecule has 33 heavy (non-hydrogen) atoms. The number of carbonyl (C=O) groups is 2. The van der Waals surface area contributed by atoms with Crippen LogP contribution in [0.1, 0.15) is 39.3 Å². The zero-order valence-corrected chi connectivity index (χ0v) is 19.1. The van der Waals surface area contributed by atoms with Gasteiger partial charge >= 0.3 is 0 Å². The van der Waals surface area contributed by atoms with E-state index in [1.54, 1.807) is 25.4 Å². The van der Waals surface area contributed by atoms with Gasteiger partial charge in [0, 0.05) is 49.4 Å². The van der Waals surface area contributed by atoms with Crippen LogP contribution in [0.3, 0.4) is 0 Å². The van der Waals surface area contributed by atoms with E-state index in [2.05, 4.69) is 27.2 Å². The van der Waals surface area contributed by atoms with Gasteiger partial charge in [-0.1, -0.05) is 30.3 Å². The lowest BCUT2D eigenvalue weighted by Crippen LogP contribution is -2.45. The second-order valence-corrected chi connectivity index (χ2v) is 8.35. The Hall–Kier alpha value is -3.58. The van der Waals surface area contributed by atoms with E-state index < -0.39 is 0 Å². The van der Waals surface area contributed by atoms with Crippen LogP contribution in [0.5, 0.6) is 0 Å². The number of rotatable bonds is 6. The first-order chi connectivity index (χ1) is 16.0. The zero-order chi connectivity index (χ0) is 23.2. The Morgan fingerprint density at radius 3 is 2.27 bits per heavy atom. The number of hydrogen-bond donors (Lipinski definition) is 1. The maximum Gasteiger partial charge on any atom is 0.253 e. The van der Waals surface area contributed by atoms with Crippen molar-refractivity contribution in [3.8, 4) is 11.3 Å². The first-order valence-corrected chi connectivity index (χ1v) is 11.2. The summed E-state index contributed by atoms with van der Waals surface area (Å²) in [5.74, 6) is 0.00259. The fourth-order valence-electron chi connectivity index (χ4n) is 4.18. The van der Waals surface area contributed by atoms with E-state index in [1.807, 2.05) is 53.6 Å². The third-order valence-corrected chi connectivity index (χ3v) is 6.18. The van der Waals surface area contributed by atoms with Gasteiger partial charge in [0.15, 0.2) is 0 Å². The highest BCUT2D eigenvalue weighted by Gasteiger charge is 2.26. The third-order valence-electron chi connectivity index (χ3n) is 6.18. The van der Waals surface area contributed by atoms with E-state index in [-0.39, 0.29) is 11.8 Å². The van der Waals surface area contributed by atoms with Gasteiger partial charge in [-0.2, -0.15) is 0 Å². The van der Waals surface area contributed by atoms with Crippen molar-refractivity contribution in [2.75, 3.05) is 27.2 Å². The first-order valence-electron chi connectivity index (χ1n) is 11.2. The monoisotopic (exact) mass is 443 g/mol. The molecule has 170 valence electrons. The second kappa shape index (κ2) is 10.4. The first kappa shape index (κ1) is 22.6. The number of piperidine rings is 1. The minimum Gasteiger partial charge on any atom is -0.355 e. The predicted molar refractivity (Wildman–Crippen MR) is 128 cm³/mol. The van der Waals surface area contributed by atoms with Crippen LogP contribution in [0, 0.1) is 0 Å². The molecular formula is C26H29N5O2. The summed E-state index contributed by atoms with van der Waals surface area (Å²) in [6, 6.07) is 17.2. The molecule has 0 aliphatic carbocycles. The number of likely N-dealkylation sites (tertiary alicyclic amines) is 1. The van der Waals surface area contributed by atoms with Gasteiger partial charge in [0.05, 0.1) is 23.8 Å². The average Bonchev–Trinajstić information content (AvgIpc) is 2.89. The van der Waals surface area contributed by atoms with Gasteiger partial charge in [0.25, 0.3) is 11.8 Å². The van der Waals surface area contributed by atoms with Gasteiger partial charge in [0.2, 0.25) is 0 Å². The molecule has 1 aliphatic heterocycles. The molecule has 1 saturated heterocycles. The molecule has 1 N–H and O–H groups in total. The summed E-state index contributed by atoms with van der Waals surface area (Å²) in [4.78, 5) is 37.8. The van der Waals surface area contributed by atoms with Crippen LogP contribution >= 0.6 is 0 Å². The maximum atomic E-state index is 12.7. The Morgan fingerprint density at radius 2 is 1.67 bits per heavy atom. The molecule has 4 rings (SSSR count). The highest BCUT2D eigenvalue weighted by molar-refractivity contribution is 5.94. The lowest BCUT2D eigenvalue weighted by atomic mass is 10.0. The van der Waals surface area contributed by atoms with Crippen molar-refractivity contribution >= 4 is 11.8 Å². The number of aromatic nitrogens is 2. The van der Waals surface area contributed by atoms with Crippen LogP contribution in [0.2, 0.25) is 0 Å². The molecule has 1 aromatic heterocycles. The number of nitrogens with one attached hydrogen (secondary N) is 1. The fraction of sp³-hybridized carbons (Fsp3) is 0.308. The minimum atomic E-state index is -0.110. The number of carbonyl (C=O) groups excluding carboxylic acids is 2. The molecule has 0 spiro atoms. The van der Waals surface area contributed by atoms with Crippen molar-refractivity contribution in [2.45, 2.75) is 25.4 Å². The molecule has 0 bridgehead atoms. The number of nitrogens with zero attached hydrogens (tertiary/aromatic N) is 4. The molecule has 7 nitrogen and oxygen atoms in total. The second-order valence-electron chi connectivity index (χ2n) is 8.35. The number of hydrogen-bond acceptors (Lipinski definition) is 5. The van der Waals surface area contributed by atoms with E-state index in [9.17, 15) is 9.59 Å². The Morgan fingerprint density at radius 1 is 0.970 bits per heavy atom. The van der Waals surface area contributed by atoms with Crippen molar-refractivity contribution < 1.29 is 9.59 Å². The predicted octanol–water partition coefficient (Wildman–Crippen LogP) is 3.24. The van der Waals surface area contributed by atoms with Crippen LogP contribution in [-0.2, 0) is 6.54 Å². The molecular weight excluding hydrogens is 414 g/mol. The van der Waals surface area contributed by atoms with Gasteiger partial charge in [0.1, 0.15) is 0 Å². The molecule has 0 radical (unpaired) electrons. The minimum absolute atomic E-state index is 0.110. The van der Waals surface area contributed by atoms with Crippen LogP contribution < -0.4 is 5.32 Å². The topological polar surface area (TPSA) is 78.4 Å². The van der Waals surface area contributed by atoms with E-state index in [4.69, 9.17) is 0 Å². The third kappa shape index (κ3) is 5.43. The summed E-state index contributed by atoms with van der Waals surface area (Å²) in [6.45, 7) is 2.24. The van der Waals surface area contributed by atoms with Crippen molar-refractivity contribution in [1.29, 1.82) is 0 Å². The number of benzene rings is 2. The molecule has 2 aromatic carbocycles. The van der Waals surface area contributed by atoms with Crippen LogP contribution in [0.15, 0.2) is 67.0 Å². The lowest BCUT2D eigenvalue weighted by molar-refractivity contribution is 0.0638. The van der Waals surface area contributed by atoms with Crippen LogP contribution in [0.4, 0.5) is 0 Å². The Balaban J connectivity index is 1.30. The van der Waals surface area contributed by atoms with E-state index >= 15 is 0 Å². The van der Waals surface area contributed by atoms with Crippen molar-refractivity contribution in [1.82, 2.24) is 25.1 Å². The molecule has 2 heterocycles. The Bertz CT molecular complexity index is 1080. The summed E-state index contributed by atoms with van der Waals surface area (Å²) in [5, 5.41) is 2.62. The molecule has 0 saturated carbocycles. The van der Waals surface area contributed by atoms with Gasteiger partial charge in [-0.3, -0.25) is 24.5 Å². The molecule has 1 fully saturated rings. The fourth-order valence-corrected chi connectivity index (χ4v) is 4.18. The quantitative estimate of drug-likeness (QED) is 0.633. The molecule has 2 amide bonds. The number of amides is 2. The standard InChI is InChI=1S/C26H29N5O2/c1-27-25(32)20-10-8-19(9-11-20)24-17-28-22(16-29-24)18-30(2)23-12-14-31(15-13-23)26(33)21-6-4-3-5-7-21/h3-11,16-17,23H,12-15,18H2,1-2H3,(H,27,32). The van der Waals surface area contributed by atoms with Gasteiger partial charge in [-0.25, -0.2) is 0 Å². The van der Waals surface area contributed by atoms with Gasteiger partial charge in [-0.05, 0) is 44.2 Å². The van der Waals surface area contributed by atoms with E-state index in [0.717, 1.165) is 48.4 Å². The summed E-state index contributed by atoms with van der Waals surface area (Å²) < 4.78 is 0. The highest BCUT2D eigenvalue weighted by atomic mass is 16.2. The molecule has 7 heteroatoms. The van der Waals surface area contributed by atoms with E-state index in [1.165, 1.54) is 0 Å². The van der Waals surface area contributed by atoms with Gasteiger partial charge < -0.3 is 10.2 Å². The lowest BCUT2D eigenvalue weighted by Gasteiger charge is -2.36. The zero-order valence-electron chi connectivity index (χ0n) is 19.1. The van der Waals surface area contributed by atoms with Gasteiger partial charge in [-0.15, -0.1) is 0 Å². The summed E-state index contributed by atoms with van der Waals surface area (Å²) in [5.41, 5.74) is 3.97. The van der Waals surface area contributed by atoms with Crippen molar-refractivity contribution in [2.24, 2.45) is 0 Å². The highest BCUT2D eigenvalue weighted by Crippen LogP contribution is 2.20. The summed E-state index contributed by atoms with van der Waals surface area (Å²) in [6.07, 6.45) is 5.47. The average molecular weight is 444 g/mol. The summed E-state index contributed by atoms with van der Waals surface area (Å²) >= 11 is 0. The van der Waals surface area contributed by atoms with Crippen molar-refractivity contribution in [3.05, 3.63) is 83.8 Å². The maximum absolute atomic E-state index is 12.7. The largest absolute Gasteiger partial charge is 0.355 e. The van der Waals surface area contributed by atoms with Crippen LogP contribution in [-0.4, -0.2) is 64.8 Å². The normalized spacial score (nSPS) is 14.3. The molecule has 0 unspecified atom stereocenters. The van der Waals surface area contributed by atoms with Crippen LogP contribution in [0.25, 0.3) is 11.3 Å². The Labute approximate surface area is 194 Å². The Kier molecular flexibility index (Phi) is 7.10. The summed E-state index contributed by atoms with van der Waals surface area (Å²) in [7, 11) is 3.72. The molecule has 0 atom stereocenters. The van der Waals surface area contributed by atoms with Crippen molar-refractivity contribution in [3.63, 3.8) is 0 Å². The molecule has 3 aromatic rings. The van der Waals surface area contributed by atoms with E-state index in [0.29, 0.717) is 18.2 Å². The smallest absolute Gasteiger partial charge is 0.253 e. The molecule has 1 aliphatic rings. The SMILES string of the molecule is CNC(=O)c1ccc(-c2cnc(CN(C)C3CCN(C(=O)c4ccccc4)CC3)cn2)cc1.